The lowest BCUT2D eigenvalue weighted by atomic mass is 9.68. The predicted octanol–water partition coefficient (Wildman–Crippen LogP) is 1.83. The van der Waals surface area contributed by atoms with Crippen LogP contribution in [0.5, 0.6) is 0 Å². The quantitative estimate of drug-likeness (QED) is 0.910. The molecule has 0 aliphatic heterocycles. The Kier molecular flexibility index (Phi) is 4.42. The first-order valence-corrected chi connectivity index (χ1v) is 7.16. The van der Waals surface area contributed by atoms with E-state index in [1.54, 1.807) is 7.05 Å². The number of primary amides is 1. The standard InChI is InChI=1S/C16H22N2O2/c1-18(12-14(17)19)15(20)16(10-6-3-7-11-16)13-8-4-2-5-9-13/h2,4-5,8-9H,3,6-7,10-12H2,1H3,(H2,17,19). The number of hydrogen-bond donors (Lipinski definition) is 1. The molecule has 1 fully saturated rings. The van der Waals surface area contributed by atoms with Crippen LogP contribution in [0.3, 0.4) is 0 Å². The molecule has 0 heterocycles. The maximum Gasteiger partial charge on any atom is 0.237 e. The fraction of sp³-hybridized carbons (Fsp3) is 0.500. The smallest absolute Gasteiger partial charge is 0.237 e. The third-order valence-corrected chi connectivity index (χ3v) is 4.18. The van der Waals surface area contributed by atoms with Crippen LogP contribution in [0.1, 0.15) is 37.7 Å². The fourth-order valence-electron chi connectivity index (χ4n) is 3.21. The second-order valence-electron chi connectivity index (χ2n) is 5.64. The molecule has 20 heavy (non-hydrogen) atoms. The van der Waals surface area contributed by atoms with Gasteiger partial charge in [-0.1, -0.05) is 49.6 Å². The summed E-state index contributed by atoms with van der Waals surface area (Å²) >= 11 is 0. The number of nitrogens with two attached hydrogens (primary N) is 1. The molecule has 4 nitrogen and oxygen atoms in total. The molecule has 108 valence electrons. The number of benzene rings is 1. The summed E-state index contributed by atoms with van der Waals surface area (Å²) < 4.78 is 0. The summed E-state index contributed by atoms with van der Waals surface area (Å²) in [5, 5.41) is 0. The minimum Gasteiger partial charge on any atom is -0.368 e. The highest BCUT2D eigenvalue weighted by atomic mass is 16.2. The average Bonchev–Trinajstić information content (AvgIpc) is 2.47. The maximum atomic E-state index is 12.9. The van der Waals surface area contributed by atoms with Gasteiger partial charge in [-0.05, 0) is 18.4 Å². The van der Waals surface area contributed by atoms with E-state index in [9.17, 15) is 9.59 Å². The predicted molar refractivity (Wildman–Crippen MR) is 78.0 cm³/mol. The number of hydrogen-bond acceptors (Lipinski definition) is 2. The van der Waals surface area contributed by atoms with Gasteiger partial charge in [0.15, 0.2) is 0 Å². The van der Waals surface area contributed by atoms with E-state index in [4.69, 9.17) is 5.73 Å². The lowest BCUT2D eigenvalue weighted by Gasteiger charge is -2.39. The molecule has 0 aromatic heterocycles. The highest BCUT2D eigenvalue weighted by Crippen LogP contribution is 2.40. The van der Waals surface area contributed by atoms with Crippen molar-refractivity contribution < 1.29 is 9.59 Å². The SMILES string of the molecule is CN(CC(N)=O)C(=O)C1(c2ccccc2)CCCCC1. The molecular weight excluding hydrogens is 252 g/mol. The topological polar surface area (TPSA) is 63.4 Å². The molecule has 1 aliphatic carbocycles. The van der Waals surface area contributed by atoms with Gasteiger partial charge in [-0.15, -0.1) is 0 Å². The highest BCUT2D eigenvalue weighted by Gasteiger charge is 2.42. The fourth-order valence-corrected chi connectivity index (χ4v) is 3.21. The van der Waals surface area contributed by atoms with Crippen molar-refractivity contribution in [3.05, 3.63) is 35.9 Å². The molecule has 1 aliphatic rings. The Bertz CT molecular complexity index is 479. The van der Waals surface area contributed by atoms with Gasteiger partial charge in [0, 0.05) is 7.05 Å². The van der Waals surface area contributed by atoms with E-state index >= 15 is 0 Å². The molecule has 0 saturated heterocycles. The molecule has 1 aromatic carbocycles. The monoisotopic (exact) mass is 274 g/mol. The van der Waals surface area contributed by atoms with E-state index in [0.29, 0.717) is 0 Å². The third kappa shape index (κ3) is 2.84. The Balaban J connectivity index is 2.32. The van der Waals surface area contributed by atoms with Gasteiger partial charge in [-0.25, -0.2) is 0 Å². The van der Waals surface area contributed by atoms with E-state index in [0.717, 1.165) is 31.2 Å². The van der Waals surface area contributed by atoms with Crippen molar-refractivity contribution in [1.29, 1.82) is 0 Å². The second-order valence-corrected chi connectivity index (χ2v) is 5.64. The number of carbonyl (C=O) groups is 2. The molecule has 2 amide bonds. The van der Waals surface area contributed by atoms with Crippen LogP contribution in [-0.2, 0) is 15.0 Å². The molecule has 0 spiro atoms. The zero-order valence-corrected chi connectivity index (χ0v) is 12.0. The molecule has 1 saturated carbocycles. The van der Waals surface area contributed by atoms with E-state index in [1.165, 1.54) is 11.3 Å². The molecule has 4 heteroatoms. The molecule has 0 radical (unpaired) electrons. The van der Waals surface area contributed by atoms with Crippen LogP contribution in [0.15, 0.2) is 30.3 Å². The van der Waals surface area contributed by atoms with E-state index in [-0.39, 0.29) is 12.5 Å². The normalized spacial score (nSPS) is 17.4. The minimum absolute atomic E-state index is 0.0159. The van der Waals surface area contributed by atoms with Gasteiger partial charge in [-0.2, -0.15) is 0 Å². The van der Waals surface area contributed by atoms with E-state index in [2.05, 4.69) is 0 Å². The second kappa shape index (κ2) is 6.07. The first-order valence-electron chi connectivity index (χ1n) is 7.16. The number of rotatable bonds is 4. The van der Waals surface area contributed by atoms with Gasteiger partial charge in [0.1, 0.15) is 0 Å². The van der Waals surface area contributed by atoms with Gasteiger partial charge >= 0.3 is 0 Å². The highest BCUT2D eigenvalue weighted by molar-refractivity contribution is 5.91. The first kappa shape index (κ1) is 14.6. The lowest BCUT2D eigenvalue weighted by molar-refractivity contribution is -0.140. The molecule has 1 aromatic rings. The van der Waals surface area contributed by atoms with Crippen LogP contribution in [-0.4, -0.2) is 30.3 Å². The van der Waals surface area contributed by atoms with Crippen molar-refractivity contribution in [2.24, 2.45) is 5.73 Å². The van der Waals surface area contributed by atoms with Crippen molar-refractivity contribution >= 4 is 11.8 Å². The number of carbonyl (C=O) groups excluding carboxylic acids is 2. The van der Waals surface area contributed by atoms with Crippen molar-refractivity contribution in [1.82, 2.24) is 4.90 Å². The number of nitrogens with zero attached hydrogens (tertiary/aromatic N) is 1. The average molecular weight is 274 g/mol. The Morgan fingerprint density at radius 2 is 1.75 bits per heavy atom. The van der Waals surface area contributed by atoms with E-state index < -0.39 is 11.3 Å². The van der Waals surface area contributed by atoms with E-state index in [1.807, 2.05) is 30.3 Å². The summed E-state index contributed by atoms with van der Waals surface area (Å²) in [6.07, 6.45) is 4.95. The van der Waals surface area contributed by atoms with Crippen LogP contribution in [0.4, 0.5) is 0 Å². The Morgan fingerprint density at radius 1 is 1.15 bits per heavy atom. The summed E-state index contributed by atoms with van der Waals surface area (Å²) in [5.74, 6) is -0.456. The summed E-state index contributed by atoms with van der Waals surface area (Å²) in [5.41, 5.74) is 5.78. The zero-order chi connectivity index (χ0) is 14.6. The van der Waals surface area contributed by atoms with Gasteiger partial charge in [0.05, 0.1) is 12.0 Å². The number of amides is 2. The van der Waals surface area contributed by atoms with Crippen LogP contribution >= 0.6 is 0 Å². The maximum absolute atomic E-state index is 12.9. The zero-order valence-electron chi connectivity index (χ0n) is 12.0. The first-order chi connectivity index (χ1) is 9.56. The summed E-state index contributed by atoms with van der Waals surface area (Å²) in [6.45, 7) is -0.0204. The molecular formula is C16H22N2O2. The van der Waals surface area contributed by atoms with Crippen molar-refractivity contribution in [2.75, 3.05) is 13.6 Å². The molecule has 0 unspecified atom stereocenters. The van der Waals surface area contributed by atoms with Crippen molar-refractivity contribution in [3.63, 3.8) is 0 Å². The Hall–Kier alpha value is -1.84. The number of likely N-dealkylation sites (N-methyl/N-ethyl adjacent to an activating group) is 1. The van der Waals surface area contributed by atoms with Gasteiger partial charge < -0.3 is 10.6 Å². The van der Waals surface area contributed by atoms with Crippen molar-refractivity contribution in [3.8, 4) is 0 Å². The molecule has 0 atom stereocenters. The largest absolute Gasteiger partial charge is 0.368 e. The van der Waals surface area contributed by atoms with Crippen LogP contribution < -0.4 is 5.73 Å². The summed E-state index contributed by atoms with van der Waals surface area (Å²) in [6, 6.07) is 9.92. The molecule has 2 N–H and O–H groups in total. The Labute approximate surface area is 119 Å². The van der Waals surface area contributed by atoms with Crippen LogP contribution in [0.25, 0.3) is 0 Å². The summed E-state index contributed by atoms with van der Waals surface area (Å²) in [4.78, 5) is 25.4. The van der Waals surface area contributed by atoms with Crippen LogP contribution in [0.2, 0.25) is 0 Å². The van der Waals surface area contributed by atoms with Crippen molar-refractivity contribution in [2.45, 2.75) is 37.5 Å². The summed E-state index contributed by atoms with van der Waals surface area (Å²) in [7, 11) is 1.66. The Morgan fingerprint density at radius 3 is 2.30 bits per heavy atom. The molecule has 2 rings (SSSR count). The third-order valence-electron chi connectivity index (χ3n) is 4.18. The van der Waals surface area contributed by atoms with Gasteiger partial charge in [0.25, 0.3) is 0 Å². The lowest BCUT2D eigenvalue weighted by Crippen LogP contribution is -2.48. The van der Waals surface area contributed by atoms with Crippen LogP contribution in [0, 0.1) is 0 Å². The molecule has 0 bridgehead atoms. The van der Waals surface area contributed by atoms with Gasteiger partial charge in [-0.3, -0.25) is 9.59 Å². The van der Waals surface area contributed by atoms with Gasteiger partial charge in [0.2, 0.25) is 11.8 Å². The minimum atomic E-state index is -0.482.